The lowest BCUT2D eigenvalue weighted by Gasteiger charge is -2.40. The molecule has 0 radical (unpaired) electrons. The van der Waals surface area contributed by atoms with E-state index in [1.807, 2.05) is 0 Å². The van der Waals surface area contributed by atoms with Crippen molar-refractivity contribution >= 4 is 0 Å². The van der Waals surface area contributed by atoms with Crippen molar-refractivity contribution in [2.75, 3.05) is 85.7 Å². The fourth-order valence-corrected chi connectivity index (χ4v) is 4.56. The summed E-state index contributed by atoms with van der Waals surface area (Å²) in [6, 6.07) is 0. The van der Waals surface area contributed by atoms with Crippen LogP contribution in [0.3, 0.4) is 0 Å². The predicted molar refractivity (Wildman–Crippen MR) is 99.5 cm³/mol. The van der Waals surface area contributed by atoms with E-state index in [2.05, 4.69) is 20.0 Å². The van der Waals surface area contributed by atoms with Crippen LogP contribution in [0.1, 0.15) is 25.7 Å². The lowest BCUT2D eigenvalue weighted by atomic mass is 9.95. The smallest absolute Gasteiger partial charge is 0.0589 e. The molecule has 3 heterocycles. The Labute approximate surface area is 148 Å². The van der Waals surface area contributed by atoms with E-state index < -0.39 is 0 Å². The van der Waals surface area contributed by atoms with Crippen LogP contribution in [0, 0.1) is 11.8 Å². The number of nitrogens with zero attached hydrogens (tertiary/aromatic N) is 3. The number of hydrogen-bond acceptors (Lipinski definition) is 5. The van der Waals surface area contributed by atoms with Gasteiger partial charge in [-0.2, -0.15) is 0 Å². The van der Waals surface area contributed by atoms with Crippen LogP contribution in [0.25, 0.3) is 0 Å². The summed E-state index contributed by atoms with van der Waals surface area (Å²) in [4.78, 5) is 8.02. The molecule has 0 aromatic rings. The summed E-state index contributed by atoms with van der Waals surface area (Å²) in [5.74, 6) is 1.86. The normalized spacial score (nSPS) is 26.9. The van der Waals surface area contributed by atoms with E-state index in [1.54, 1.807) is 7.11 Å². The summed E-state index contributed by atoms with van der Waals surface area (Å²) in [7, 11) is 1.80. The van der Waals surface area contributed by atoms with Gasteiger partial charge in [-0.1, -0.05) is 0 Å². The van der Waals surface area contributed by atoms with Crippen molar-refractivity contribution in [1.82, 2.24) is 20.0 Å². The zero-order valence-electron chi connectivity index (χ0n) is 15.7. The van der Waals surface area contributed by atoms with Crippen molar-refractivity contribution in [3.8, 4) is 0 Å². The SMILES string of the molecule is COCCN1CCC(CN2CCN(CC3CCNCC3)CC2)CC1. The first-order valence-electron chi connectivity index (χ1n) is 10.2. The molecule has 3 aliphatic heterocycles. The third kappa shape index (κ3) is 5.95. The third-order valence-corrected chi connectivity index (χ3v) is 6.28. The third-order valence-electron chi connectivity index (χ3n) is 6.28. The second kappa shape index (κ2) is 10.1. The maximum absolute atomic E-state index is 5.20. The van der Waals surface area contributed by atoms with Crippen molar-refractivity contribution < 1.29 is 4.74 Å². The molecule has 3 rings (SSSR count). The largest absolute Gasteiger partial charge is 0.383 e. The average Bonchev–Trinajstić information content (AvgIpc) is 2.64. The van der Waals surface area contributed by atoms with Crippen molar-refractivity contribution in [1.29, 1.82) is 0 Å². The predicted octanol–water partition coefficient (Wildman–Crippen LogP) is 0.962. The topological polar surface area (TPSA) is 31.0 Å². The lowest BCUT2D eigenvalue weighted by Crippen LogP contribution is -2.50. The van der Waals surface area contributed by atoms with Gasteiger partial charge in [0.15, 0.2) is 0 Å². The van der Waals surface area contributed by atoms with Crippen LogP contribution >= 0.6 is 0 Å². The van der Waals surface area contributed by atoms with Crippen molar-refractivity contribution in [2.24, 2.45) is 11.8 Å². The Morgan fingerprint density at radius 2 is 1.29 bits per heavy atom. The minimum absolute atomic E-state index is 0.879. The van der Waals surface area contributed by atoms with Gasteiger partial charge in [0.2, 0.25) is 0 Å². The minimum Gasteiger partial charge on any atom is -0.383 e. The number of rotatable bonds is 7. The molecule has 0 saturated carbocycles. The molecule has 140 valence electrons. The molecule has 0 amide bonds. The molecule has 5 nitrogen and oxygen atoms in total. The van der Waals surface area contributed by atoms with Gasteiger partial charge < -0.3 is 24.8 Å². The number of methoxy groups -OCH3 is 1. The molecule has 0 atom stereocenters. The molecule has 3 aliphatic rings. The quantitative estimate of drug-likeness (QED) is 0.747. The van der Waals surface area contributed by atoms with E-state index in [4.69, 9.17) is 4.74 Å². The molecule has 0 bridgehead atoms. The van der Waals surface area contributed by atoms with Crippen LogP contribution in [0.15, 0.2) is 0 Å². The summed E-state index contributed by atoms with van der Waals surface area (Å²) in [5, 5.41) is 3.48. The van der Waals surface area contributed by atoms with E-state index in [0.29, 0.717) is 0 Å². The first-order valence-corrected chi connectivity index (χ1v) is 10.2. The Balaban J connectivity index is 1.28. The van der Waals surface area contributed by atoms with E-state index >= 15 is 0 Å². The molecule has 1 N–H and O–H groups in total. The molecule has 3 saturated heterocycles. The fourth-order valence-electron chi connectivity index (χ4n) is 4.56. The van der Waals surface area contributed by atoms with Gasteiger partial charge in [0, 0.05) is 52.9 Å². The molecule has 5 heteroatoms. The Kier molecular flexibility index (Phi) is 7.80. The van der Waals surface area contributed by atoms with Gasteiger partial charge in [-0.15, -0.1) is 0 Å². The number of piperazine rings is 1. The molecular formula is C19H38N4O. The van der Waals surface area contributed by atoms with Crippen molar-refractivity contribution in [3.63, 3.8) is 0 Å². The van der Waals surface area contributed by atoms with Gasteiger partial charge in [-0.3, -0.25) is 0 Å². The van der Waals surface area contributed by atoms with Gasteiger partial charge in [0.05, 0.1) is 6.61 Å². The lowest BCUT2D eigenvalue weighted by molar-refractivity contribution is 0.0768. The second-order valence-corrected chi connectivity index (χ2v) is 8.07. The van der Waals surface area contributed by atoms with Gasteiger partial charge in [-0.25, -0.2) is 0 Å². The van der Waals surface area contributed by atoms with Crippen LogP contribution < -0.4 is 5.32 Å². The van der Waals surface area contributed by atoms with E-state index in [1.165, 1.54) is 91.1 Å². The fraction of sp³-hybridized carbons (Fsp3) is 1.00. The van der Waals surface area contributed by atoms with Crippen LogP contribution in [0.5, 0.6) is 0 Å². The van der Waals surface area contributed by atoms with E-state index in [0.717, 1.165) is 25.0 Å². The summed E-state index contributed by atoms with van der Waals surface area (Å²) in [6.45, 7) is 14.8. The molecule has 0 aliphatic carbocycles. The van der Waals surface area contributed by atoms with Gasteiger partial charge >= 0.3 is 0 Å². The highest BCUT2D eigenvalue weighted by Gasteiger charge is 2.25. The number of piperidine rings is 2. The van der Waals surface area contributed by atoms with Crippen molar-refractivity contribution in [2.45, 2.75) is 25.7 Å². The summed E-state index contributed by atoms with van der Waals surface area (Å²) in [5.41, 5.74) is 0. The molecule has 0 aromatic heterocycles. The highest BCUT2D eigenvalue weighted by Crippen LogP contribution is 2.20. The van der Waals surface area contributed by atoms with Gasteiger partial charge in [0.1, 0.15) is 0 Å². The minimum atomic E-state index is 0.879. The summed E-state index contributed by atoms with van der Waals surface area (Å²) in [6.07, 6.45) is 5.50. The molecule has 24 heavy (non-hydrogen) atoms. The van der Waals surface area contributed by atoms with Gasteiger partial charge in [0.25, 0.3) is 0 Å². The number of likely N-dealkylation sites (tertiary alicyclic amines) is 1. The zero-order valence-corrected chi connectivity index (χ0v) is 15.7. The Hall–Kier alpha value is -0.200. The number of nitrogens with one attached hydrogen (secondary N) is 1. The summed E-state index contributed by atoms with van der Waals surface area (Å²) < 4.78 is 5.20. The van der Waals surface area contributed by atoms with Crippen LogP contribution in [-0.2, 0) is 4.74 Å². The zero-order chi connectivity index (χ0) is 16.6. The average molecular weight is 339 g/mol. The van der Waals surface area contributed by atoms with Crippen molar-refractivity contribution in [3.05, 3.63) is 0 Å². The first-order chi connectivity index (χ1) is 11.8. The Morgan fingerprint density at radius 3 is 1.83 bits per heavy atom. The molecule has 0 unspecified atom stereocenters. The summed E-state index contributed by atoms with van der Waals surface area (Å²) >= 11 is 0. The monoisotopic (exact) mass is 338 g/mol. The molecule has 0 spiro atoms. The maximum atomic E-state index is 5.20. The highest BCUT2D eigenvalue weighted by atomic mass is 16.5. The standard InChI is InChI=1S/C19H38N4O/c1-24-15-14-21-8-4-19(5-9-21)17-23-12-10-22(11-13-23)16-18-2-6-20-7-3-18/h18-20H,2-17H2,1H3. The van der Waals surface area contributed by atoms with E-state index in [-0.39, 0.29) is 0 Å². The Bertz CT molecular complexity index is 332. The van der Waals surface area contributed by atoms with E-state index in [9.17, 15) is 0 Å². The van der Waals surface area contributed by atoms with Crippen LogP contribution in [-0.4, -0.2) is 100 Å². The second-order valence-electron chi connectivity index (χ2n) is 8.07. The molecule has 3 fully saturated rings. The number of ether oxygens (including phenoxy) is 1. The van der Waals surface area contributed by atoms with Crippen LogP contribution in [0.4, 0.5) is 0 Å². The molecule has 0 aromatic carbocycles. The highest BCUT2D eigenvalue weighted by molar-refractivity contribution is 4.80. The molecular weight excluding hydrogens is 300 g/mol. The van der Waals surface area contributed by atoms with Crippen LogP contribution in [0.2, 0.25) is 0 Å². The first kappa shape index (κ1) is 18.6. The Morgan fingerprint density at radius 1 is 0.750 bits per heavy atom. The maximum Gasteiger partial charge on any atom is 0.0589 e. The van der Waals surface area contributed by atoms with Gasteiger partial charge in [-0.05, 0) is 63.7 Å². The number of hydrogen-bond donors (Lipinski definition) is 1.